The molecule has 1 N–H and O–H groups in total. The molecule has 1 aliphatic heterocycles. The lowest BCUT2D eigenvalue weighted by molar-refractivity contribution is 0.0600. The number of rotatable bonds is 3. The summed E-state index contributed by atoms with van der Waals surface area (Å²) >= 11 is 0. The molecule has 0 amide bonds. The minimum absolute atomic E-state index is 0.0220. The Morgan fingerprint density at radius 1 is 1.24 bits per heavy atom. The lowest BCUT2D eigenvalue weighted by Gasteiger charge is -2.27. The highest BCUT2D eigenvalue weighted by atomic mass is 16.5. The maximum absolute atomic E-state index is 13.1. The predicted octanol–water partition coefficient (Wildman–Crippen LogP) is 2.67. The van der Waals surface area contributed by atoms with Gasteiger partial charge in [-0.3, -0.25) is 14.8 Å². The molecule has 3 aromatic rings. The number of benzene rings is 1. The highest BCUT2D eigenvalue weighted by Gasteiger charge is 2.24. The lowest BCUT2D eigenvalue weighted by Crippen LogP contribution is -2.36. The number of esters is 1. The van der Waals surface area contributed by atoms with E-state index in [9.17, 15) is 9.59 Å². The second-order valence-electron chi connectivity index (χ2n) is 8.60. The number of ether oxygens (including phenoxy) is 1. The van der Waals surface area contributed by atoms with Gasteiger partial charge in [0.05, 0.1) is 23.9 Å². The number of aromatic amines is 1. The second kappa shape index (κ2) is 7.15. The molecule has 0 atom stereocenters. The Balaban J connectivity index is 1.58. The van der Waals surface area contributed by atoms with E-state index >= 15 is 0 Å². The summed E-state index contributed by atoms with van der Waals surface area (Å²) < 4.78 is 6.30. The van der Waals surface area contributed by atoms with Crippen molar-refractivity contribution in [1.29, 1.82) is 0 Å². The molecular weight excluding hydrogens is 368 g/mol. The Morgan fingerprint density at radius 3 is 2.62 bits per heavy atom. The SMILES string of the molecule is COC(=O)c1ccc(CN2CCc3nc4cc(C(C)(C)C)[nH]n4c(=O)c3C2)cc1. The van der Waals surface area contributed by atoms with Crippen LogP contribution in [0.3, 0.4) is 0 Å². The third kappa shape index (κ3) is 3.70. The van der Waals surface area contributed by atoms with E-state index in [2.05, 4.69) is 30.8 Å². The standard InChI is InChI=1S/C22H26N4O3/c1-22(2,3)18-11-19-23-17-9-10-25(13-16(17)20(27)26(19)24-18)12-14-5-7-15(8-6-14)21(28)29-4/h5-8,11,24H,9-10,12-13H2,1-4H3. The van der Waals surface area contributed by atoms with Crippen LogP contribution in [-0.2, 0) is 29.7 Å². The fourth-order valence-corrected chi connectivity index (χ4v) is 3.68. The van der Waals surface area contributed by atoms with Gasteiger partial charge in [-0.05, 0) is 17.7 Å². The Labute approximate surface area is 169 Å². The Hall–Kier alpha value is -2.93. The molecule has 152 valence electrons. The van der Waals surface area contributed by atoms with E-state index in [1.807, 2.05) is 18.2 Å². The van der Waals surface area contributed by atoms with Crippen molar-refractivity contribution in [2.45, 2.75) is 45.7 Å². The molecule has 0 unspecified atom stereocenters. The third-order valence-corrected chi connectivity index (χ3v) is 5.43. The number of nitrogens with one attached hydrogen (secondary N) is 1. The maximum Gasteiger partial charge on any atom is 0.337 e. The van der Waals surface area contributed by atoms with Crippen molar-refractivity contribution in [2.75, 3.05) is 13.7 Å². The van der Waals surface area contributed by atoms with E-state index in [-0.39, 0.29) is 16.9 Å². The van der Waals surface area contributed by atoms with Gasteiger partial charge in [-0.1, -0.05) is 32.9 Å². The van der Waals surface area contributed by atoms with Crippen molar-refractivity contribution in [3.05, 3.63) is 68.8 Å². The van der Waals surface area contributed by atoms with Crippen LogP contribution in [0.2, 0.25) is 0 Å². The van der Waals surface area contributed by atoms with Gasteiger partial charge in [-0.15, -0.1) is 0 Å². The molecule has 4 rings (SSSR count). The van der Waals surface area contributed by atoms with Gasteiger partial charge >= 0.3 is 5.97 Å². The normalized spacial score (nSPS) is 14.8. The molecule has 7 heteroatoms. The third-order valence-electron chi connectivity index (χ3n) is 5.43. The van der Waals surface area contributed by atoms with Crippen molar-refractivity contribution in [2.24, 2.45) is 0 Å². The number of carbonyl (C=O) groups is 1. The Bertz CT molecular complexity index is 1120. The summed E-state index contributed by atoms with van der Waals surface area (Å²) in [5.74, 6) is -0.341. The van der Waals surface area contributed by atoms with Gasteiger partial charge in [-0.2, -0.15) is 0 Å². The highest BCUT2D eigenvalue weighted by Crippen LogP contribution is 2.23. The molecule has 0 fully saturated rings. The summed E-state index contributed by atoms with van der Waals surface area (Å²) in [6, 6.07) is 9.36. The highest BCUT2D eigenvalue weighted by molar-refractivity contribution is 5.89. The summed E-state index contributed by atoms with van der Waals surface area (Å²) in [5.41, 5.74) is 4.85. The zero-order valence-electron chi connectivity index (χ0n) is 17.3. The molecule has 0 bridgehead atoms. The first-order valence-corrected chi connectivity index (χ1v) is 9.80. The fourth-order valence-electron chi connectivity index (χ4n) is 3.68. The molecule has 0 spiro atoms. The first-order chi connectivity index (χ1) is 13.8. The maximum atomic E-state index is 13.1. The van der Waals surface area contributed by atoms with Crippen LogP contribution < -0.4 is 5.56 Å². The molecule has 0 saturated heterocycles. The van der Waals surface area contributed by atoms with Gasteiger partial charge in [0.15, 0.2) is 5.65 Å². The van der Waals surface area contributed by atoms with Crippen molar-refractivity contribution in [3.8, 4) is 0 Å². The van der Waals surface area contributed by atoms with Gasteiger partial charge in [0.1, 0.15) is 0 Å². The molecule has 0 saturated carbocycles. The quantitative estimate of drug-likeness (QED) is 0.691. The molecule has 29 heavy (non-hydrogen) atoms. The molecule has 3 heterocycles. The van der Waals surface area contributed by atoms with E-state index in [1.165, 1.54) is 7.11 Å². The van der Waals surface area contributed by atoms with E-state index in [0.29, 0.717) is 24.3 Å². The van der Waals surface area contributed by atoms with Gasteiger partial charge in [0.25, 0.3) is 5.56 Å². The van der Waals surface area contributed by atoms with Crippen LogP contribution in [0.25, 0.3) is 5.65 Å². The van der Waals surface area contributed by atoms with E-state index in [4.69, 9.17) is 9.72 Å². The fraction of sp³-hybridized carbons (Fsp3) is 0.409. The van der Waals surface area contributed by atoms with E-state index in [0.717, 1.165) is 35.5 Å². The Morgan fingerprint density at radius 2 is 1.97 bits per heavy atom. The summed E-state index contributed by atoms with van der Waals surface area (Å²) in [4.78, 5) is 31.6. The van der Waals surface area contributed by atoms with Gasteiger partial charge in [0.2, 0.25) is 0 Å². The van der Waals surface area contributed by atoms with Crippen LogP contribution >= 0.6 is 0 Å². The average molecular weight is 394 g/mol. The van der Waals surface area contributed by atoms with Crippen LogP contribution in [0, 0.1) is 0 Å². The van der Waals surface area contributed by atoms with E-state index in [1.54, 1.807) is 16.6 Å². The summed E-state index contributed by atoms with van der Waals surface area (Å²) in [5, 5.41) is 3.22. The number of nitrogens with zero attached hydrogens (tertiary/aromatic N) is 3. The number of H-pyrrole nitrogens is 1. The second-order valence-corrected chi connectivity index (χ2v) is 8.60. The Kier molecular flexibility index (Phi) is 4.78. The molecular formula is C22H26N4O3. The topological polar surface area (TPSA) is 79.7 Å². The molecule has 7 nitrogen and oxygen atoms in total. The number of hydrogen-bond donors (Lipinski definition) is 1. The summed E-state index contributed by atoms with van der Waals surface area (Å²) in [6.45, 7) is 8.43. The summed E-state index contributed by atoms with van der Waals surface area (Å²) in [6.07, 6.45) is 0.747. The predicted molar refractivity (Wildman–Crippen MR) is 110 cm³/mol. The molecule has 2 aromatic heterocycles. The van der Waals surface area contributed by atoms with Gasteiger partial charge in [0, 0.05) is 43.2 Å². The number of carbonyl (C=O) groups excluding carboxylic acids is 1. The zero-order chi connectivity index (χ0) is 20.8. The first-order valence-electron chi connectivity index (χ1n) is 9.80. The van der Waals surface area contributed by atoms with Crippen molar-refractivity contribution in [1.82, 2.24) is 19.5 Å². The summed E-state index contributed by atoms with van der Waals surface area (Å²) in [7, 11) is 1.37. The lowest BCUT2D eigenvalue weighted by atomic mass is 9.93. The van der Waals surface area contributed by atoms with Crippen LogP contribution in [0.15, 0.2) is 35.1 Å². The minimum Gasteiger partial charge on any atom is -0.465 e. The van der Waals surface area contributed by atoms with E-state index < -0.39 is 0 Å². The van der Waals surface area contributed by atoms with Crippen molar-refractivity contribution in [3.63, 3.8) is 0 Å². The monoisotopic (exact) mass is 394 g/mol. The van der Waals surface area contributed by atoms with Crippen LogP contribution in [-0.4, -0.2) is 39.1 Å². The number of hydrogen-bond acceptors (Lipinski definition) is 5. The van der Waals surface area contributed by atoms with Crippen LogP contribution in [0.4, 0.5) is 0 Å². The van der Waals surface area contributed by atoms with Crippen molar-refractivity contribution >= 4 is 11.6 Å². The van der Waals surface area contributed by atoms with Gasteiger partial charge in [-0.25, -0.2) is 14.3 Å². The smallest absolute Gasteiger partial charge is 0.337 e. The number of aromatic nitrogens is 3. The molecule has 0 aliphatic carbocycles. The number of fused-ring (bicyclic) bond motifs is 2. The number of methoxy groups -OCH3 is 1. The van der Waals surface area contributed by atoms with Gasteiger partial charge < -0.3 is 4.74 Å². The van der Waals surface area contributed by atoms with Crippen LogP contribution in [0.1, 0.15) is 53.6 Å². The zero-order valence-corrected chi connectivity index (χ0v) is 17.3. The minimum atomic E-state index is -0.341. The molecule has 1 aliphatic rings. The largest absolute Gasteiger partial charge is 0.465 e. The molecule has 0 radical (unpaired) electrons. The van der Waals surface area contributed by atoms with Crippen molar-refractivity contribution < 1.29 is 9.53 Å². The average Bonchev–Trinajstić information content (AvgIpc) is 3.13. The van der Waals surface area contributed by atoms with Crippen LogP contribution in [0.5, 0.6) is 0 Å². The first kappa shape index (κ1) is 19.4. The molecule has 1 aromatic carbocycles.